The van der Waals surface area contributed by atoms with E-state index in [1.807, 2.05) is 6.21 Å². The minimum absolute atomic E-state index is 0.117. The first-order valence-electron chi connectivity index (χ1n) is 13.1. The third-order valence-corrected chi connectivity index (χ3v) is 7.39. The van der Waals surface area contributed by atoms with E-state index in [2.05, 4.69) is 25.6 Å². The molecule has 0 amide bonds. The maximum absolute atomic E-state index is 13.9. The van der Waals surface area contributed by atoms with Crippen molar-refractivity contribution in [1.82, 2.24) is 9.97 Å². The van der Waals surface area contributed by atoms with Gasteiger partial charge in [-0.25, -0.2) is 9.97 Å². The fourth-order valence-corrected chi connectivity index (χ4v) is 5.07. The Labute approximate surface area is 226 Å². The number of aliphatic imine (C=N–C) groups is 1. The number of ether oxygens (including phenoxy) is 2. The zero-order valence-electron chi connectivity index (χ0n) is 21.6. The third kappa shape index (κ3) is 8.04. The Morgan fingerprint density at radius 3 is 2.61 bits per heavy atom. The Hall–Kier alpha value is -2.43. The van der Waals surface area contributed by atoms with E-state index >= 15 is 0 Å². The summed E-state index contributed by atoms with van der Waals surface area (Å²) in [7, 11) is 1.66. The second kappa shape index (κ2) is 13.6. The molecule has 2 aromatic rings. The summed E-state index contributed by atoms with van der Waals surface area (Å²) >= 11 is 6.38. The quantitative estimate of drug-likeness (QED) is 0.264. The van der Waals surface area contributed by atoms with Gasteiger partial charge in [0, 0.05) is 50.9 Å². The molecule has 1 aliphatic heterocycles. The van der Waals surface area contributed by atoms with Crippen LogP contribution in [0.4, 0.5) is 24.8 Å². The molecule has 3 heterocycles. The summed E-state index contributed by atoms with van der Waals surface area (Å²) in [5, 5.41) is 6.70. The van der Waals surface area contributed by atoms with Crippen molar-refractivity contribution in [1.29, 1.82) is 0 Å². The van der Waals surface area contributed by atoms with Crippen molar-refractivity contribution in [3.63, 3.8) is 0 Å². The Kier molecular flexibility index (Phi) is 10.2. The van der Waals surface area contributed by atoms with Gasteiger partial charge < -0.3 is 20.1 Å². The lowest BCUT2D eigenvalue weighted by Crippen LogP contribution is -2.27. The summed E-state index contributed by atoms with van der Waals surface area (Å²) in [4.78, 5) is 13.1. The van der Waals surface area contributed by atoms with E-state index in [0.29, 0.717) is 56.4 Å². The van der Waals surface area contributed by atoms with Crippen molar-refractivity contribution in [2.45, 2.75) is 50.7 Å². The molecule has 38 heavy (non-hydrogen) atoms. The van der Waals surface area contributed by atoms with Crippen molar-refractivity contribution < 1.29 is 22.6 Å². The molecule has 2 fully saturated rings. The Bertz CT molecular complexity index is 1070. The number of hydrogen-bond acceptors (Lipinski definition) is 7. The predicted octanol–water partition coefficient (Wildman–Crippen LogP) is 6.34. The van der Waals surface area contributed by atoms with E-state index in [1.54, 1.807) is 13.2 Å². The van der Waals surface area contributed by atoms with Gasteiger partial charge in [-0.3, -0.25) is 4.99 Å². The number of anilines is 2. The summed E-state index contributed by atoms with van der Waals surface area (Å²) in [6, 6.07) is 4.17. The highest BCUT2D eigenvalue weighted by molar-refractivity contribution is 6.33. The van der Waals surface area contributed by atoms with Crippen molar-refractivity contribution in [2.75, 3.05) is 50.7 Å². The topological polar surface area (TPSA) is 80.7 Å². The van der Waals surface area contributed by atoms with Crippen LogP contribution in [-0.4, -0.2) is 62.2 Å². The number of nitrogens with one attached hydrogen (secondary N) is 2. The molecule has 4 rings (SSSR count). The first-order chi connectivity index (χ1) is 18.3. The van der Waals surface area contributed by atoms with Crippen LogP contribution in [0.3, 0.4) is 0 Å². The van der Waals surface area contributed by atoms with E-state index < -0.39 is 11.7 Å². The molecule has 2 aliphatic rings. The van der Waals surface area contributed by atoms with Gasteiger partial charge in [-0.1, -0.05) is 11.6 Å². The van der Waals surface area contributed by atoms with Crippen molar-refractivity contribution >= 4 is 29.5 Å². The fraction of sp³-hybridized carbons (Fsp3) is 0.593. The number of alkyl halides is 3. The largest absolute Gasteiger partial charge is 0.418 e. The second-order valence-electron chi connectivity index (χ2n) is 9.88. The highest BCUT2D eigenvalue weighted by Gasteiger charge is 2.35. The lowest BCUT2D eigenvalue weighted by Gasteiger charge is -2.27. The molecule has 0 unspecified atom stereocenters. The van der Waals surface area contributed by atoms with Crippen LogP contribution in [0.5, 0.6) is 0 Å². The summed E-state index contributed by atoms with van der Waals surface area (Å²) in [5.74, 6) is 1.68. The normalized spacial score (nSPS) is 21.1. The molecule has 0 bridgehead atoms. The zero-order valence-corrected chi connectivity index (χ0v) is 22.3. The molecule has 11 heteroatoms. The number of rotatable bonds is 10. The first-order valence-corrected chi connectivity index (χ1v) is 13.5. The summed E-state index contributed by atoms with van der Waals surface area (Å²) < 4.78 is 52.3. The van der Waals surface area contributed by atoms with Gasteiger partial charge in [0.1, 0.15) is 11.6 Å². The minimum atomic E-state index is -4.58. The molecule has 2 aromatic heterocycles. The van der Waals surface area contributed by atoms with Crippen LogP contribution < -0.4 is 10.6 Å². The molecule has 1 aliphatic carbocycles. The number of halogens is 4. The number of pyridine rings is 2. The van der Waals surface area contributed by atoms with Crippen LogP contribution in [0.15, 0.2) is 29.4 Å². The maximum Gasteiger partial charge on any atom is 0.418 e. The van der Waals surface area contributed by atoms with Crippen molar-refractivity contribution in [3.8, 4) is 11.3 Å². The van der Waals surface area contributed by atoms with Gasteiger partial charge in [-0.15, -0.1) is 0 Å². The van der Waals surface area contributed by atoms with Crippen LogP contribution in [0.2, 0.25) is 5.02 Å². The molecule has 0 spiro atoms. The van der Waals surface area contributed by atoms with E-state index in [9.17, 15) is 13.2 Å². The molecule has 0 atom stereocenters. The molecule has 1 saturated carbocycles. The van der Waals surface area contributed by atoms with Gasteiger partial charge in [-0.2, -0.15) is 13.2 Å². The molecule has 7 nitrogen and oxygen atoms in total. The molecule has 0 radical (unpaired) electrons. The van der Waals surface area contributed by atoms with E-state index in [-0.39, 0.29) is 22.3 Å². The van der Waals surface area contributed by atoms with Crippen molar-refractivity contribution in [3.05, 3.63) is 35.0 Å². The van der Waals surface area contributed by atoms with Gasteiger partial charge in [0.05, 0.1) is 29.4 Å². The van der Waals surface area contributed by atoms with Crippen LogP contribution in [0.1, 0.15) is 44.1 Å². The number of hydrogen-bond donors (Lipinski definition) is 2. The average Bonchev–Trinajstić information content (AvgIpc) is 2.92. The minimum Gasteiger partial charge on any atom is -0.383 e. The third-order valence-electron chi connectivity index (χ3n) is 7.09. The van der Waals surface area contributed by atoms with E-state index in [1.165, 1.54) is 12.3 Å². The Morgan fingerprint density at radius 2 is 1.89 bits per heavy atom. The summed E-state index contributed by atoms with van der Waals surface area (Å²) in [5.41, 5.74) is -0.840. The fourth-order valence-electron chi connectivity index (χ4n) is 4.88. The van der Waals surface area contributed by atoms with Crippen molar-refractivity contribution in [2.24, 2.45) is 16.8 Å². The van der Waals surface area contributed by atoms with Gasteiger partial charge in [0.15, 0.2) is 0 Å². The highest BCUT2D eigenvalue weighted by Crippen LogP contribution is 2.40. The Morgan fingerprint density at radius 1 is 1.13 bits per heavy atom. The molecule has 2 N–H and O–H groups in total. The van der Waals surface area contributed by atoms with E-state index in [0.717, 1.165) is 44.6 Å². The Balaban J connectivity index is 1.47. The number of aromatic nitrogens is 2. The zero-order chi connectivity index (χ0) is 27.0. The number of nitrogens with zero attached hydrogens (tertiary/aromatic N) is 3. The molecular weight excluding hydrogens is 519 g/mol. The molecule has 1 saturated heterocycles. The van der Waals surface area contributed by atoms with Crippen LogP contribution in [0.25, 0.3) is 11.3 Å². The predicted molar refractivity (Wildman–Crippen MR) is 144 cm³/mol. The SMILES string of the molecule is COCCN=CC1CCC(Nc2cc(-c3nc(NCC4CCOCC4)ccc3C(F)(F)F)c(Cl)cn2)CC1. The highest BCUT2D eigenvalue weighted by atomic mass is 35.5. The van der Waals surface area contributed by atoms with E-state index in [4.69, 9.17) is 21.1 Å². The standard InChI is InChI=1S/C27H35ClF3N5O2/c1-37-13-10-32-15-18-2-4-20(5-3-18)35-25-14-21(23(28)17-34-25)26-22(27(29,30)31)6-7-24(36-26)33-16-19-8-11-38-12-9-19/h6-7,14-15,17-20H,2-5,8-13,16H2,1H3,(H,33,36)(H,34,35). The maximum atomic E-state index is 13.9. The summed E-state index contributed by atoms with van der Waals surface area (Å²) in [6.45, 7) is 3.29. The van der Waals surface area contributed by atoms with Crippen LogP contribution in [0, 0.1) is 11.8 Å². The number of methoxy groups -OCH3 is 1. The monoisotopic (exact) mass is 553 g/mol. The second-order valence-corrected chi connectivity index (χ2v) is 10.3. The average molecular weight is 554 g/mol. The van der Waals surface area contributed by atoms with Gasteiger partial charge >= 0.3 is 6.18 Å². The van der Waals surface area contributed by atoms with Gasteiger partial charge in [-0.05, 0) is 68.6 Å². The molecule has 208 valence electrons. The lowest BCUT2D eigenvalue weighted by molar-refractivity contribution is -0.137. The molecular formula is C27H35ClF3N5O2. The van der Waals surface area contributed by atoms with Crippen LogP contribution >= 0.6 is 11.6 Å². The van der Waals surface area contributed by atoms with Crippen LogP contribution in [-0.2, 0) is 15.7 Å². The first kappa shape index (κ1) is 28.6. The van der Waals surface area contributed by atoms with Gasteiger partial charge in [0.25, 0.3) is 0 Å². The smallest absolute Gasteiger partial charge is 0.383 e. The molecule has 0 aromatic carbocycles. The van der Waals surface area contributed by atoms with Gasteiger partial charge in [0.2, 0.25) is 0 Å². The lowest BCUT2D eigenvalue weighted by atomic mass is 9.87. The summed E-state index contributed by atoms with van der Waals surface area (Å²) in [6.07, 6.45) is 4.44.